The molecule has 2 fully saturated rings. The Morgan fingerprint density at radius 2 is 1.83 bits per heavy atom. The fraction of sp³-hybridized carbons (Fsp3) is 0.588. The van der Waals surface area contributed by atoms with Crippen LogP contribution in [0.5, 0.6) is 0 Å². The number of hydrogen-bond donors (Lipinski definition) is 3. The lowest BCUT2D eigenvalue weighted by molar-refractivity contribution is -0.0502. The number of aliphatic hydroxyl groups is 3. The van der Waals surface area contributed by atoms with Gasteiger partial charge >= 0.3 is 0 Å². The van der Waals surface area contributed by atoms with Crippen LogP contribution < -0.4 is 4.90 Å². The zero-order valence-electron chi connectivity index (χ0n) is 13.5. The van der Waals surface area contributed by atoms with Crippen molar-refractivity contribution < 1.29 is 20.1 Å². The normalized spacial score (nSPS) is 31.0. The van der Waals surface area contributed by atoms with Crippen LogP contribution in [0.2, 0.25) is 0 Å². The molecule has 1 aromatic heterocycles. The Morgan fingerprint density at radius 1 is 1.08 bits per heavy atom. The van der Waals surface area contributed by atoms with Crippen LogP contribution in [0.3, 0.4) is 0 Å². The van der Waals surface area contributed by atoms with Gasteiger partial charge in [-0.05, 0) is 31.4 Å². The quantitative estimate of drug-likeness (QED) is 0.764. The van der Waals surface area contributed by atoms with Crippen LogP contribution >= 0.6 is 0 Å². The number of para-hydroxylation sites is 2. The van der Waals surface area contributed by atoms with Gasteiger partial charge in [0.05, 0.1) is 17.6 Å². The molecule has 4 atom stereocenters. The van der Waals surface area contributed by atoms with Crippen LogP contribution in [-0.2, 0) is 4.74 Å². The Kier molecular flexibility index (Phi) is 4.17. The van der Waals surface area contributed by atoms with Crippen molar-refractivity contribution in [1.29, 1.82) is 0 Å². The summed E-state index contributed by atoms with van der Waals surface area (Å²) in [4.78, 5) is 6.95. The van der Waals surface area contributed by atoms with E-state index in [0.717, 1.165) is 42.9 Å². The van der Waals surface area contributed by atoms with Crippen LogP contribution in [0, 0.1) is 0 Å². The lowest BCUT2D eigenvalue weighted by Gasteiger charge is -2.30. The Labute approximate surface area is 140 Å². The molecule has 3 heterocycles. The third-order valence-electron chi connectivity index (χ3n) is 4.99. The van der Waals surface area contributed by atoms with E-state index < -0.39 is 24.5 Å². The van der Waals surface area contributed by atoms with Gasteiger partial charge in [0.15, 0.2) is 6.23 Å². The molecule has 0 bridgehead atoms. The van der Waals surface area contributed by atoms with Gasteiger partial charge in [-0.2, -0.15) is 0 Å². The second-order valence-corrected chi connectivity index (χ2v) is 6.55. The van der Waals surface area contributed by atoms with Crippen molar-refractivity contribution in [3.05, 3.63) is 24.3 Å². The number of hydrogen-bond acceptors (Lipinski definition) is 6. The molecule has 1 aromatic carbocycles. The third-order valence-corrected chi connectivity index (χ3v) is 4.99. The summed E-state index contributed by atoms with van der Waals surface area (Å²) >= 11 is 0. The van der Waals surface area contributed by atoms with Gasteiger partial charge in [-0.25, -0.2) is 4.98 Å². The Balaban J connectivity index is 1.80. The van der Waals surface area contributed by atoms with Crippen molar-refractivity contribution in [1.82, 2.24) is 9.55 Å². The van der Waals surface area contributed by atoms with Crippen molar-refractivity contribution >= 4 is 17.0 Å². The summed E-state index contributed by atoms with van der Waals surface area (Å²) in [5.74, 6) is 0.755. The molecular formula is C17H23N3O4. The lowest BCUT2D eigenvalue weighted by atomic mass is 10.1. The number of piperidine rings is 1. The molecule has 0 amide bonds. The maximum absolute atomic E-state index is 10.5. The lowest BCUT2D eigenvalue weighted by Crippen LogP contribution is -2.35. The number of rotatable bonds is 3. The molecule has 130 valence electrons. The van der Waals surface area contributed by atoms with Gasteiger partial charge in [0.1, 0.15) is 18.3 Å². The van der Waals surface area contributed by atoms with Crippen molar-refractivity contribution in [3.8, 4) is 0 Å². The highest BCUT2D eigenvalue weighted by Crippen LogP contribution is 2.36. The SMILES string of the molecule is OCC1OC(n2c(N3CCCCC3)nc3ccccc32)C(O)C1O. The summed E-state index contributed by atoms with van der Waals surface area (Å²) in [6.45, 7) is 1.50. The first kappa shape index (κ1) is 15.8. The summed E-state index contributed by atoms with van der Waals surface area (Å²) in [5.41, 5.74) is 1.68. The van der Waals surface area contributed by atoms with E-state index in [-0.39, 0.29) is 6.61 Å². The van der Waals surface area contributed by atoms with Gasteiger partial charge in [0.25, 0.3) is 0 Å². The summed E-state index contributed by atoms with van der Waals surface area (Å²) in [6.07, 6.45) is -0.344. The van der Waals surface area contributed by atoms with Gasteiger partial charge in [0.2, 0.25) is 5.95 Å². The monoisotopic (exact) mass is 333 g/mol. The molecule has 2 saturated heterocycles. The van der Waals surface area contributed by atoms with E-state index in [9.17, 15) is 15.3 Å². The minimum atomic E-state index is -1.12. The van der Waals surface area contributed by atoms with E-state index in [1.165, 1.54) is 6.42 Å². The number of nitrogens with zero attached hydrogens (tertiary/aromatic N) is 3. The molecule has 4 rings (SSSR count). The maximum atomic E-state index is 10.5. The Hall–Kier alpha value is -1.67. The molecule has 2 aliphatic heterocycles. The topological polar surface area (TPSA) is 91.0 Å². The van der Waals surface area contributed by atoms with Crippen LogP contribution in [0.4, 0.5) is 5.95 Å². The average molecular weight is 333 g/mol. The standard InChI is InChI=1S/C17H23N3O4/c21-10-13-14(22)15(23)16(24-13)20-12-7-3-2-6-11(12)18-17(20)19-8-4-1-5-9-19/h2-3,6-7,13-16,21-23H,1,4-5,8-10H2. The highest BCUT2D eigenvalue weighted by molar-refractivity contribution is 5.79. The van der Waals surface area contributed by atoms with E-state index >= 15 is 0 Å². The largest absolute Gasteiger partial charge is 0.394 e. The van der Waals surface area contributed by atoms with Gasteiger partial charge in [-0.15, -0.1) is 0 Å². The smallest absolute Gasteiger partial charge is 0.208 e. The molecule has 7 heteroatoms. The predicted molar refractivity (Wildman–Crippen MR) is 88.8 cm³/mol. The zero-order chi connectivity index (χ0) is 16.7. The molecule has 0 radical (unpaired) electrons. The maximum Gasteiger partial charge on any atom is 0.208 e. The predicted octanol–water partition coefficient (Wildman–Crippen LogP) is 0.638. The number of ether oxygens (including phenoxy) is 1. The van der Waals surface area contributed by atoms with Crippen LogP contribution in [0.1, 0.15) is 25.5 Å². The van der Waals surface area contributed by atoms with Gasteiger partial charge < -0.3 is 25.0 Å². The van der Waals surface area contributed by atoms with E-state index in [4.69, 9.17) is 9.72 Å². The summed E-state index contributed by atoms with van der Waals surface area (Å²) < 4.78 is 7.63. The first-order valence-electron chi connectivity index (χ1n) is 8.55. The minimum Gasteiger partial charge on any atom is -0.394 e. The Bertz CT molecular complexity index is 713. The zero-order valence-corrected chi connectivity index (χ0v) is 13.5. The van der Waals surface area contributed by atoms with E-state index in [1.807, 2.05) is 28.8 Å². The van der Waals surface area contributed by atoms with Crippen molar-refractivity contribution in [2.24, 2.45) is 0 Å². The number of anilines is 1. The average Bonchev–Trinajstić information content (AvgIpc) is 3.14. The molecule has 0 aliphatic carbocycles. The fourth-order valence-corrected chi connectivity index (χ4v) is 3.69. The minimum absolute atomic E-state index is 0.333. The van der Waals surface area contributed by atoms with Crippen molar-refractivity contribution in [2.75, 3.05) is 24.6 Å². The molecule has 24 heavy (non-hydrogen) atoms. The van der Waals surface area contributed by atoms with Gasteiger partial charge in [0, 0.05) is 13.1 Å². The summed E-state index contributed by atoms with van der Waals surface area (Å²) in [7, 11) is 0. The number of imidazole rings is 1. The number of benzene rings is 1. The van der Waals surface area contributed by atoms with Crippen molar-refractivity contribution in [3.63, 3.8) is 0 Å². The van der Waals surface area contributed by atoms with Crippen LogP contribution in [0.25, 0.3) is 11.0 Å². The highest BCUT2D eigenvalue weighted by Gasteiger charge is 2.45. The summed E-state index contributed by atoms with van der Waals surface area (Å²) in [5, 5.41) is 29.9. The molecule has 0 spiro atoms. The molecule has 7 nitrogen and oxygen atoms in total. The second kappa shape index (κ2) is 6.33. The molecule has 3 N–H and O–H groups in total. The van der Waals surface area contributed by atoms with E-state index in [1.54, 1.807) is 0 Å². The first-order chi connectivity index (χ1) is 11.7. The molecule has 2 aromatic rings. The Morgan fingerprint density at radius 3 is 2.54 bits per heavy atom. The highest BCUT2D eigenvalue weighted by atomic mass is 16.6. The molecule has 2 aliphatic rings. The fourth-order valence-electron chi connectivity index (χ4n) is 3.69. The first-order valence-corrected chi connectivity index (χ1v) is 8.55. The van der Waals surface area contributed by atoms with Crippen LogP contribution in [-0.4, -0.2) is 62.9 Å². The van der Waals surface area contributed by atoms with E-state index in [2.05, 4.69) is 4.90 Å². The summed E-state index contributed by atoms with van der Waals surface area (Å²) in [6, 6.07) is 7.71. The van der Waals surface area contributed by atoms with Crippen LogP contribution in [0.15, 0.2) is 24.3 Å². The number of fused-ring (bicyclic) bond motifs is 1. The number of aliphatic hydroxyl groups excluding tert-OH is 3. The molecule has 4 unspecified atom stereocenters. The third kappa shape index (κ3) is 2.48. The number of aromatic nitrogens is 2. The molecule has 0 saturated carbocycles. The van der Waals surface area contributed by atoms with Gasteiger partial charge in [-0.3, -0.25) is 4.57 Å². The van der Waals surface area contributed by atoms with Crippen molar-refractivity contribution in [2.45, 2.75) is 43.8 Å². The van der Waals surface area contributed by atoms with E-state index in [0.29, 0.717) is 0 Å². The van der Waals surface area contributed by atoms with Gasteiger partial charge in [-0.1, -0.05) is 12.1 Å². The second-order valence-electron chi connectivity index (χ2n) is 6.55. The molecular weight excluding hydrogens is 310 g/mol.